The lowest BCUT2D eigenvalue weighted by atomic mass is 10.0. The fraction of sp³-hybridized carbons (Fsp3) is 0.478. The maximum absolute atomic E-state index is 12.8. The third-order valence-electron chi connectivity index (χ3n) is 6.58. The summed E-state index contributed by atoms with van der Waals surface area (Å²) < 4.78 is 5.92. The van der Waals surface area contributed by atoms with E-state index in [1.165, 1.54) is 0 Å². The second-order valence-electron chi connectivity index (χ2n) is 8.45. The van der Waals surface area contributed by atoms with Gasteiger partial charge in [-0.25, -0.2) is 0 Å². The van der Waals surface area contributed by atoms with Gasteiger partial charge in [-0.2, -0.15) is 5.26 Å². The van der Waals surface area contributed by atoms with Crippen molar-refractivity contribution in [2.75, 3.05) is 13.2 Å². The van der Waals surface area contributed by atoms with Crippen LogP contribution in [0.1, 0.15) is 48.5 Å². The molecule has 0 radical (unpaired) electrons. The molecule has 3 atom stereocenters. The van der Waals surface area contributed by atoms with E-state index >= 15 is 0 Å². The zero-order valence-corrected chi connectivity index (χ0v) is 16.9. The average molecular weight is 404 g/mol. The van der Waals surface area contributed by atoms with Gasteiger partial charge in [0.25, 0.3) is 5.91 Å². The first-order valence-corrected chi connectivity index (χ1v) is 10.6. The molecular formula is C23H24N4O3. The lowest BCUT2D eigenvalue weighted by Crippen LogP contribution is -2.44. The van der Waals surface area contributed by atoms with Gasteiger partial charge in [0.05, 0.1) is 29.3 Å². The van der Waals surface area contributed by atoms with Gasteiger partial charge in [-0.1, -0.05) is 12.1 Å². The number of nitrogens with zero attached hydrogens (tertiary/aromatic N) is 3. The SMILES string of the molecule is CCOC1(c2ccc3c(C(=O)NCC(=O)N4[C@H](C#N)C[C@@H]5C[C@@H]54)ccnc3c2)CC1. The van der Waals surface area contributed by atoms with Crippen LogP contribution < -0.4 is 5.32 Å². The van der Waals surface area contributed by atoms with Crippen molar-refractivity contribution in [3.63, 3.8) is 0 Å². The highest BCUT2D eigenvalue weighted by Gasteiger charge is 2.54. The van der Waals surface area contributed by atoms with Crippen LogP contribution in [0.5, 0.6) is 0 Å². The number of nitriles is 1. The number of carbonyl (C=O) groups is 2. The number of hydrogen-bond donors (Lipinski definition) is 1. The van der Waals surface area contributed by atoms with Crippen molar-refractivity contribution in [3.8, 4) is 6.07 Å². The Morgan fingerprint density at radius 1 is 1.33 bits per heavy atom. The van der Waals surface area contributed by atoms with E-state index < -0.39 is 0 Å². The summed E-state index contributed by atoms with van der Waals surface area (Å²) in [7, 11) is 0. The predicted octanol–water partition coefficient (Wildman–Crippen LogP) is 2.50. The normalized spacial score (nSPS) is 25.5. The van der Waals surface area contributed by atoms with Crippen LogP contribution >= 0.6 is 0 Å². The van der Waals surface area contributed by atoms with Gasteiger partial charge in [0.1, 0.15) is 6.04 Å². The average Bonchev–Trinajstić information content (AvgIpc) is 3.68. The summed E-state index contributed by atoms with van der Waals surface area (Å²) in [5.41, 5.74) is 2.11. The molecule has 0 bridgehead atoms. The molecule has 2 aliphatic carbocycles. The smallest absolute Gasteiger partial charge is 0.252 e. The number of hydrogen-bond acceptors (Lipinski definition) is 5. The summed E-state index contributed by atoms with van der Waals surface area (Å²) in [6, 6.07) is 9.60. The number of fused-ring (bicyclic) bond motifs is 2. The van der Waals surface area contributed by atoms with Crippen LogP contribution in [0.15, 0.2) is 30.5 Å². The third-order valence-corrected chi connectivity index (χ3v) is 6.58. The molecule has 0 unspecified atom stereocenters. The molecule has 7 nitrogen and oxygen atoms in total. The van der Waals surface area contributed by atoms with E-state index in [2.05, 4.69) is 16.4 Å². The first-order valence-electron chi connectivity index (χ1n) is 10.6. The molecular weight excluding hydrogens is 380 g/mol. The zero-order chi connectivity index (χ0) is 20.9. The van der Waals surface area contributed by atoms with Gasteiger partial charge in [0.15, 0.2) is 0 Å². The number of ether oxygens (including phenoxy) is 1. The summed E-state index contributed by atoms with van der Waals surface area (Å²) in [5.74, 6) is -0.0403. The molecule has 1 aromatic carbocycles. The molecule has 5 rings (SSSR count). The number of amides is 2. The van der Waals surface area contributed by atoms with E-state index in [4.69, 9.17) is 4.74 Å². The molecule has 154 valence electrons. The molecule has 1 N–H and O–H groups in total. The number of nitrogens with one attached hydrogen (secondary N) is 1. The Kier molecular flexibility index (Phi) is 4.48. The standard InChI is InChI=1S/C23H24N4O3/c1-2-30-23(6-7-23)15-3-4-17-18(5-8-25-19(17)11-15)22(29)26-13-21(28)27-16(12-24)9-14-10-20(14)27/h3-5,8,11,14,16,20H,2,6-7,9-10,13H2,1H3,(H,26,29)/t14-,16+,20+/m1/s1. The molecule has 1 aromatic heterocycles. The summed E-state index contributed by atoms with van der Waals surface area (Å²) in [6.45, 7) is 2.55. The highest BCUT2D eigenvalue weighted by atomic mass is 16.5. The molecule has 3 fully saturated rings. The van der Waals surface area contributed by atoms with Crippen LogP contribution in [0.2, 0.25) is 0 Å². The fourth-order valence-corrected chi connectivity index (χ4v) is 4.81. The Morgan fingerprint density at radius 3 is 2.90 bits per heavy atom. The monoisotopic (exact) mass is 404 g/mol. The maximum atomic E-state index is 12.8. The van der Waals surface area contributed by atoms with Crippen molar-refractivity contribution in [1.29, 1.82) is 5.26 Å². The number of rotatable bonds is 6. The van der Waals surface area contributed by atoms with Gasteiger partial charge in [-0.05, 0) is 56.2 Å². The highest BCUT2D eigenvalue weighted by molar-refractivity contribution is 6.07. The Labute approximate surface area is 175 Å². The number of piperidine rings is 1. The van der Waals surface area contributed by atoms with Gasteiger partial charge in [0, 0.05) is 24.2 Å². The topological polar surface area (TPSA) is 95.3 Å². The van der Waals surface area contributed by atoms with E-state index in [1.54, 1.807) is 17.2 Å². The molecule has 3 aliphatic rings. The summed E-state index contributed by atoms with van der Waals surface area (Å²) >= 11 is 0. The molecule has 2 heterocycles. The summed E-state index contributed by atoms with van der Waals surface area (Å²) in [5, 5.41) is 12.8. The van der Waals surface area contributed by atoms with E-state index in [0.717, 1.165) is 42.1 Å². The van der Waals surface area contributed by atoms with Gasteiger partial charge >= 0.3 is 0 Å². The Morgan fingerprint density at radius 2 is 2.17 bits per heavy atom. The highest BCUT2D eigenvalue weighted by Crippen LogP contribution is 2.49. The second-order valence-corrected chi connectivity index (χ2v) is 8.45. The van der Waals surface area contributed by atoms with E-state index in [1.807, 2.05) is 25.1 Å². The van der Waals surface area contributed by atoms with Crippen molar-refractivity contribution in [2.24, 2.45) is 5.92 Å². The summed E-state index contributed by atoms with van der Waals surface area (Å²) in [6.07, 6.45) is 5.33. The Hall–Kier alpha value is -2.98. The second kappa shape index (κ2) is 7.06. The fourth-order valence-electron chi connectivity index (χ4n) is 4.81. The molecule has 1 aliphatic heterocycles. The number of likely N-dealkylation sites (tertiary alicyclic amines) is 1. The largest absolute Gasteiger partial charge is 0.371 e. The Bertz CT molecular complexity index is 1070. The van der Waals surface area contributed by atoms with Crippen molar-refractivity contribution in [1.82, 2.24) is 15.2 Å². The van der Waals surface area contributed by atoms with Crippen LogP contribution in [0.4, 0.5) is 0 Å². The molecule has 2 amide bonds. The minimum Gasteiger partial charge on any atom is -0.371 e. The van der Waals surface area contributed by atoms with Crippen LogP contribution in [-0.2, 0) is 15.1 Å². The molecule has 2 aromatic rings. The van der Waals surface area contributed by atoms with Crippen LogP contribution in [0.25, 0.3) is 10.9 Å². The van der Waals surface area contributed by atoms with E-state index in [9.17, 15) is 14.9 Å². The van der Waals surface area contributed by atoms with Gasteiger partial charge < -0.3 is 15.0 Å². The predicted molar refractivity (Wildman–Crippen MR) is 109 cm³/mol. The molecule has 7 heteroatoms. The van der Waals surface area contributed by atoms with Crippen molar-refractivity contribution < 1.29 is 14.3 Å². The van der Waals surface area contributed by atoms with Crippen molar-refractivity contribution in [3.05, 3.63) is 41.6 Å². The molecule has 0 spiro atoms. The first-order chi connectivity index (χ1) is 14.6. The lowest BCUT2D eigenvalue weighted by Gasteiger charge is -2.22. The van der Waals surface area contributed by atoms with Crippen molar-refractivity contribution >= 4 is 22.7 Å². The minimum absolute atomic E-state index is 0.102. The van der Waals surface area contributed by atoms with Gasteiger partial charge in [-0.15, -0.1) is 0 Å². The van der Waals surface area contributed by atoms with Crippen LogP contribution in [0, 0.1) is 17.2 Å². The van der Waals surface area contributed by atoms with Crippen LogP contribution in [0.3, 0.4) is 0 Å². The molecule has 2 saturated carbocycles. The maximum Gasteiger partial charge on any atom is 0.252 e. The third kappa shape index (κ3) is 3.12. The number of benzene rings is 1. The lowest BCUT2D eigenvalue weighted by molar-refractivity contribution is -0.131. The number of pyridine rings is 1. The zero-order valence-electron chi connectivity index (χ0n) is 16.9. The Balaban J connectivity index is 1.31. The minimum atomic E-state index is -0.363. The number of carbonyl (C=O) groups excluding carboxylic acids is 2. The number of aromatic nitrogens is 1. The quantitative estimate of drug-likeness (QED) is 0.798. The van der Waals surface area contributed by atoms with Gasteiger partial charge in [-0.3, -0.25) is 14.6 Å². The van der Waals surface area contributed by atoms with Crippen LogP contribution in [-0.4, -0.2) is 46.9 Å². The van der Waals surface area contributed by atoms with Crippen molar-refractivity contribution in [2.45, 2.75) is 50.3 Å². The van der Waals surface area contributed by atoms with E-state index in [-0.39, 0.29) is 36.0 Å². The molecule has 30 heavy (non-hydrogen) atoms. The summed E-state index contributed by atoms with van der Waals surface area (Å²) in [4.78, 5) is 31.5. The van der Waals surface area contributed by atoms with Gasteiger partial charge in [0.2, 0.25) is 5.91 Å². The van der Waals surface area contributed by atoms with E-state index in [0.29, 0.717) is 18.1 Å². The molecule has 1 saturated heterocycles. The first kappa shape index (κ1) is 19.0.